The van der Waals surface area contributed by atoms with Gasteiger partial charge in [-0.15, -0.1) is 0 Å². The molecule has 0 aliphatic carbocycles. The van der Waals surface area contributed by atoms with Crippen molar-refractivity contribution >= 4 is 11.6 Å². The fourth-order valence-electron chi connectivity index (χ4n) is 1.35. The molecular weight excluding hydrogens is 247 g/mol. The third kappa shape index (κ3) is 2.45. The minimum atomic E-state index is -0.522. The van der Waals surface area contributed by atoms with Gasteiger partial charge in [0.15, 0.2) is 0 Å². The van der Waals surface area contributed by atoms with E-state index in [0.717, 1.165) is 0 Å². The standard InChI is InChI=1S/C11H8ClFN2O2/c1-17-10-5-9(16)14-11(15-10)7-4-6(12)2-3-8(7)13/h2-5H,1H3,(H,14,15,16). The van der Waals surface area contributed by atoms with Gasteiger partial charge in [-0.2, -0.15) is 4.98 Å². The third-order valence-corrected chi connectivity index (χ3v) is 2.35. The lowest BCUT2D eigenvalue weighted by molar-refractivity contribution is 0.396. The first-order valence-electron chi connectivity index (χ1n) is 4.71. The van der Waals surface area contributed by atoms with Crippen molar-refractivity contribution in [2.24, 2.45) is 0 Å². The number of aromatic nitrogens is 2. The maximum atomic E-state index is 13.6. The average molecular weight is 255 g/mol. The predicted octanol–water partition coefficient (Wildman–Crippen LogP) is 2.24. The largest absolute Gasteiger partial charge is 0.481 e. The van der Waals surface area contributed by atoms with Crippen LogP contribution in [0.15, 0.2) is 29.1 Å². The molecule has 0 radical (unpaired) electrons. The van der Waals surface area contributed by atoms with E-state index >= 15 is 0 Å². The summed E-state index contributed by atoms with van der Waals surface area (Å²) in [6.07, 6.45) is 0. The first-order chi connectivity index (χ1) is 8.10. The van der Waals surface area contributed by atoms with E-state index in [1.54, 1.807) is 0 Å². The molecule has 0 aliphatic rings. The van der Waals surface area contributed by atoms with Crippen LogP contribution in [0.25, 0.3) is 11.4 Å². The van der Waals surface area contributed by atoms with Gasteiger partial charge >= 0.3 is 0 Å². The topological polar surface area (TPSA) is 55.0 Å². The quantitative estimate of drug-likeness (QED) is 0.894. The van der Waals surface area contributed by atoms with E-state index < -0.39 is 11.4 Å². The van der Waals surface area contributed by atoms with Gasteiger partial charge in [0, 0.05) is 5.02 Å². The lowest BCUT2D eigenvalue weighted by atomic mass is 10.2. The second-order valence-corrected chi connectivity index (χ2v) is 3.70. The summed E-state index contributed by atoms with van der Waals surface area (Å²) in [5.41, 5.74) is -0.306. The normalized spacial score (nSPS) is 10.3. The van der Waals surface area contributed by atoms with Gasteiger partial charge in [0.05, 0.1) is 18.7 Å². The maximum Gasteiger partial charge on any atom is 0.254 e. The molecule has 0 unspecified atom stereocenters. The van der Waals surface area contributed by atoms with E-state index in [-0.39, 0.29) is 17.3 Å². The zero-order valence-electron chi connectivity index (χ0n) is 8.83. The second kappa shape index (κ2) is 4.55. The molecule has 1 aromatic carbocycles. The Morgan fingerprint density at radius 1 is 1.41 bits per heavy atom. The molecule has 17 heavy (non-hydrogen) atoms. The third-order valence-electron chi connectivity index (χ3n) is 2.11. The van der Waals surface area contributed by atoms with Crippen LogP contribution < -0.4 is 10.3 Å². The lowest BCUT2D eigenvalue weighted by Gasteiger charge is -2.04. The molecule has 2 rings (SSSR count). The molecule has 0 saturated heterocycles. The minimum Gasteiger partial charge on any atom is -0.481 e. The van der Waals surface area contributed by atoms with Crippen LogP contribution >= 0.6 is 11.6 Å². The van der Waals surface area contributed by atoms with Crippen LogP contribution in [-0.2, 0) is 0 Å². The second-order valence-electron chi connectivity index (χ2n) is 3.26. The van der Waals surface area contributed by atoms with E-state index in [1.165, 1.54) is 31.4 Å². The van der Waals surface area contributed by atoms with Crippen molar-refractivity contribution in [1.82, 2.24) is 9.97 Å². The predicted molar refractivity (Wildman–Crippen MR) is 61.8 cm³/mol. The van der Waals surface area contributed by atoms with Gasteiger partial charge in [-0.25, -0.2) is 4.39 Å². The molecule has 0 fully saturated rings. The SMILES string of the molecule is COc1cc(=O)[nH]c(-c2cc(Cl)ccc2F)n1. The Hall–Kier alpha value is -1.88. The highest BCUT2D eigenvalue weighted by Gasteiger charge is 2.10. The van der Waals surface area contributed by atoms with Crippen molar-refractivity contribution in [3.8, 4) is 17.3 Å². The fraction of sp³-hybridized carbons (Fsp3) is 0.0909. The molecular formula is C11H8ClFN2O2. The molecule has 1 aromatic heterocycles. The summed E-state index contributed by atoms with van der Waals surface area (Å²) in [7, 11) is 1.37. The molecule has 2 aromatic rings. The number of nitrogens with one attached hydrogen (secondary N) is 1. The molecule has 0 amide bonds. The van der Waals surface area contributed by atoms with Gasteiger partial charge in [-0.1, -0.05) is 11.6 Å². The summed E-state index contributed by atoms with van der Waals surface area (Å²) in [4.78, 5) is 17.7. The molecule has 0 aliphatic heterocycles. The number of aromatic amines is 1. The Balaban J connectivity index is 2.63. The average Bonchev–Trinajstić information content (AvgIpc) is 2.31. The summed E-state index contributed by atoms with van der Waals surface area (Å²) in [5.74, 6) is -0.330. The van der Waals surface area contributed by atoms with E-state index in [4.69, 9.17) is 16.3 Å². The van der Waals surface area contributed by atoms with E-state index in [9.17, 15) is 9.18 Å². The van der Waals surface area contributed by atoms with Gasteiger partial charge in [-0.05, 0) is 18.2 Å². The van der Waals surface area contributed by atoms with Crippen LogP contribution in [0.5, 0.6) is 5.88 Å². The number of hydrogen-bond acceptors (Lipinski definition) is 3. The van der Waals surface area contributed by atoms with Crippen molar-refractivity contribution in [1.29, 1.82) is 0 Å². The number of H-pyrrole nitrogens is 1. The van der Waals surface area contributed by atoms with Gasteiger partial charge in [-0.3, -0.25) is 4.79 Å². The van der Waals surface area contributed by atoms with Crippen molar-refractivity contribution < 1.29 is 9.13 Å². The van der Waals surface area contributed by atoms with Crippen LogP contribution in [-0.4, -0.2) is 17.1 Å². The number of rotatable bonds is 2. The zero-order valence-corrected chi connectivity index (χ0v) is 9.58. The summed E-state index contributed by atoms with van der Waals surface area (Å²) < 4.78 is 18.4. The Labute approximate surface area is 101 Å². The zero-order chi connectivity index (χ0) is 12.4. The molecule has 1 N–H and O–H groups in total. The first-order valence-corrected chi connectivity index (χ1v) is 5.09. The number of nitrogens with zero attached hydrogens (tertiary/aromatic N) is 1. The van der Waals surface area contributed by atoms with Crippen LogP contribution in [0.2, 0.25) is 5.02 Å². The molecule has 0 bridgehead atoms. The summed E-state index contributed by atoms with van der Waals surface area (Å²) in [5, 5.41) is 0.354. The molecule has 0 spiro atoms. The maximum absolute atomic E-state index is 13.6. The Morgan fingerprint density at radius 2 is 2.18 bits per heavy atom. The fourth-order valence-corrected chi connectivity index (χ4v) is 1.52. The number of halogens is 2. The highest BCUT2D eigenvalue weighted by Crippen LogP contribution is 2.23. The van der Waals surface area contributed by atoms with Crippen molar-refractivity contribution in [2.45, 2.75) is 0 Å². The molecule has 6 heteroatoms. The summed E-state index contributed by atoms with van der Waals surface area (Å²) in [6, 6.07) is 5.18. The highest BCUT2D eigenvalue weighted by molar-refractivity contribution is 6.30. The van der Waals surface area contributed by atoms with Gasteiger partial charge in [0.1, 0.15) is 11.6 Å². The number of ether oxygens (including phenoxy) is 1. The van der Waals surface area contributed by atoms with Crippen LogP contribution in [0.4, 0.5) is 4.39 Å². The lowest BCUT2D eigenvalue weighted by Crippen LogP contribution is -2.09. The highest BCUT2D eigenvalue weighted by atomic mass is 35.5. The monoisotopic (exact) mass is 254 g/mol. The number of methoxy groups -OCH3 is 1. The van der Waals surface area contributed by atoms with Crippen molar-refractivity contribution in [2.75, 3.05) is 7.11 Å². The number of hydrogen-bond donors (Lipinski definition) is 1. The van der Waals surface area contributed by atoms with E-state index in [0.29, 0.717) is 5.02 Å². The molecule has 0 saturated carbocycles. The van der Waals surface area contributed by atoms with Crippen LogP contribution in [0.3, 0.4) is 0 Å². The number of benzene rings is 1. The van der Waals surface area contributed by atoms with Gasteiger partial charge in [0.25, 0.3) is 5.56 Å². The Kier molecular flexibility index (Phi) is 3.10. The Morgan fingerprint density at radius 3 is 2.88 bits per heavy atom. The summed E-state index contributed by atoms with van der Waals surface area (Å²) >= 11 is 5.76. The van der Waals surface area contributed by atoms with Gasteiger partial charge in [0.2, 0.25) is 5.88 Å². The molecule has 4 nitrogen and oxygen atoms in total. The molecule has 0 atom stereocenters. The van der Waals surface area contributed by atoms with Gasteiger partial charge < -0.3 is 9.72 Å². The van der Waals surface area contributed by atoms with E-state index in [2.05, 4.69) is 9.97 Å². The summed E-state index contributed by atoms with van der Waals surface area (Å²) in [6.45, 7) is 0. The van der Waals surface area contributed by atoms with Crippen molar-refractivity contribution in [3.63, 3.8) is 0 Å². The minimum absolute atomic E-state index is 0.0781. The van der Waals surface area contributed by atoms with E-state index in [1.807, 2.05) is 0 Å². The van der Waals surface area contributed by atoms with Crippen LogP contribution in [0.1, 0.15) is 0 Å². The first kappa shape index (κ1) is 11.6. The van der Waals surface area contributed by atoms with Crippen molar-refractivity contribution in [3.05, 3.63) is 45.5 Å². The van der Waals surface area contributed by atoms with Crippen LogP contribution in [0, 0.1) is 5.82 Å². The molecule has 1 heterocycles. The Bertz CT molecular complexity index is 613. The smallest absolute Gasteiger partial charge is 0.254 e. The molecule has 88 valence electrons.